The van der Waals surface area contributed by atoms with Gasteiger partial charge in [0, 0.05) is 0 Å². The molecule has 0 atom stereocenters. The van der Waals surface area contributed by atoms with Crippen molar-refractivity contribution in [3.8, 4) is 0 Å². The van der Waals surface area contributed by atoms with Gasteiger partial charge >= 0.3 is 33.2 Å². The Hall–Kier alpha value is 0.926. The standard InChI is InChI=1S/2C5H12N2.2ClH.Co/c2*1-5(2,3-6)4-7;;;/h2*6-7H,3-4H2,1-2H3;2*1H;/q2*-2;;;+2/p-2. The van der Waals surface area contributed by atoms with E-state index < -0.39 is 0 Å². The molecule has 0 aliphatic heterocycles. The van der Waals surface area contributed by atoms with Gasteiger partial charge < -0.3 is 22.9 Å². The topological polar surface area (TPSA) is 95.2 Å². The molecule has 0 saturated carbocycles. The molecular weight excluding hydrogens is 306 g/mol. The summed E-state index contributed by atoms with van der Waals surface area (Å²) in [5.74, 6) is 0. The first-order valence-corrected chi connectivity index (χ1v) is 7.95. The van der Waals surface area contributed by atoms with E-state index in [1.807, 2.05) is 27.7 Å². The van der Waals surface area contributed by atoms with Crippen LogP contribution in [0.25, 0.3) is 22.9 Å². The zero-order chi connectivity index (χ0) is 14.5. The van der Waals surface area contributed by atoms with Gasteiger partial charge in [-0.1, -0.05) is 38.5 Å². The maximum absolute atomic E-state index is 6.89. The van der Waals surface area contributed by atoms with E-state index in [4.69, 9.17) is 43.2 Å². The van der Waals surface area contributed by atoms with Crippen molar-refractivity contribution < 1.29 is 12.9 Å². The maximum atomic E-state index is 6.89. The van der Waals surface area contributed by atoms with Gasteiger partial charge in [-0.05, 0) is 0 Å². The second-order valence-corrected chi connectivity index (χ2v) is 6.80. The first-order valence-electron chi connectivity index (χ1n) is 5.08. The Morgan fingerprint density at radius 3 is 0.824 bits per heavy atom. The van der Waals surface area contributed by atoms with Crippen molar-refractivity contribution in [1.29, 1.82) is 0 Å². The summed E-state index contributed by atoms with van der Waals surface area (Å²) >= 11 is 0.382. The number of hydrogen-bond acceptors (Lipinski definition) is 0. The van der Waals surface area contributed by atoms with E-state index in [0.717, 1.165) is 0 Å². The molecule has 0 saturated heterocycles. The molecule has 0 amide bonds. The van der Waals surface area contributed by atoms with Gasteiger partial charge in [0.1, 0.15) is 0 Å². The van der Waals surface area contributed by atoms with E-state index in [2.05, 4.69) is 0 Å². The van der Waals surface area contributed by atoms with Gasteiger partial charge in [-0.25, -0.2) is 0 Å². The molecule has 17 heavy (non-hydrogen) atoms. The van der Waals surface area contributed by atoms with Crippen LogP contribution >= 0.6 is 20.3 Å². The molecule has 111 valence electrons. The Balaban J connectivity index is -0.000000188. The number of nitrogens with one attached hydrogen (secondary N) is 4. The average Bonchev–Trinajstić information content (AvgIpc) is 2.31. The Labute approximate surface area is 121 Å². The van der Waals surface area contributed by atoms with Gasteiger partial charge in [0.25, 0.3) is 0 Å². The second kappa shape index (κ2) is 13.4. The summed E-state index contributed by atoms with van der Waals surface area (Å²) in [4.78, 5) is 0. The van der Waals surface area contributed by atoms with Crippen molar-refractivity contribution in [1.82, 2.24) is 0 Å². The van der Waals surface area contributed by atoms with Crippen LogP contribution in [0.1, 0.15) is 27.7 Å². The van der Waals surface area contributed by atoms with Crippen LogP contribution in [-0.4, -0.2) is 26.2 Å². The zero-order valence-electron chi connectivity index (χ0n) is 10.9. The summed E-state index contributed by atoms with van der Waals surface area (Å²) in [5.41, 5.74) is 27.4. The minimum absolute atomic E-state index is 0.0833. The van der Waals surface area contributed by atoms with Crippen molar-refractivity contribution in [2.45, 2.75) is 27.7 Å². The molecule has 0 fully saturated rings. The first-order chi connectivity index (χ1) is 7.66. The predicted octanol–water partition coefficient (Wildman–Crippen LogP) is 5.61. The van der Waals surface area contributed by atoms with E-state index >= 15 is 0 Å². The fraction of sp³-hybridized carbons (Fsp3) is 1.00. The molecule has 0 heterocycles. The van der Waals surface area contributed by atoms with Crippen LogP contribution in [0.15, 0.2) is 0 Å². The summed E-state index contributed by atoms with van der Waals surface area (Å²) in [6.07, 6.45) is 0. The fourth-order valence-electron chi connectivity index (χ4n) is 0.125. The second-order valence-electron chi connectivity index (χ2n) is 5.08. The Morgan fingerprint density at radius 2 is 0.824 bits per heavy atom. The number of hydrogen-bond donors (Lipinski definition) is 0. The van der Waals surface area contributed by atoms with E-state index in [1.54, 1.807) is 0 Å². The molecule has 0 aromatic heterocycles. The molecule has 0 radical (unpaired) electrons. The minimum atomic E-state index is -0.0833. The van der Waals surface area contributed by atoms with Gasteiger partial charge in [0.2, 0.25) is 0 Å². The van der Waals surface area contributed by atoms with Crippen LogP contribution in [-0.2, 0) is 12.9 Å². The van der Waals surface area contributed by atoms with Crippen LogP contribution in [0.5, 0.6) is 0 Å². The van der Waals surface area contributed by atoms with E-state index in [1.165, 1.54) is 0 Å². The molecule has 7 heteroatoms. The molecule has 0 aromatic rings. The average molecular weight is 330 g/mol. The van der Waals surface area contributed by atoms with Gasteiger partial charge in [-0.3, -0.25) is 0 Å². The fourth-order valence-corrected chi connectivity index (χ4v) is 0.125. The SMILES string of the molecule is CC(C)(C[NH-])C[NH-].CC(C)(C[NH-])C[NH-].[Cl][Co][Cl]. The quantitative estimate of drug-likeness (QED) is 0.640. The summed E-state index contributed by atoms with van der Waals surface area (Å²) in [5, 5.41) is 0. The van der Waals surface area contributed by atoms with Gasteiger partial charge in [-0.15, -0.1) is 26.2 Å². The molecule has 4 N–H and O–H groups in total. The van der Waals surface area contributed by atoms with Crippen molar-refractivity contribution >= 4 is 20.3 Å². The third kappa shape index (κ3) is 22.6. The molecular formula is C10H24Cl2CoN4-4. The summed E-state index contributed by atoms with van der Waals surface area (Å²) < 4.78 is 0. The molecule has 0 spiro atoms. The van der Waals surface area contributed by atoms with Crippen molar-refractivity contribution in [2.75, 3.05) is 26.2 Å². The Morgan fingerprint density at radius 1 is 0.706 bits per heavy atom. The third-order valence-electron chi connectivity index (χ3n) is 1.91. The number of halogens is 2. The van der Waals surface area contributed by atoms with Crippen molar-refractivity contribution in [3.05, 3.63) is 22.9 Å². The van der Waals surface area contributed by atoms with Crippen LogP contribution in [0.2, 0.25) is 0 Å². The zero-order valence-corrected chi connectivity index (χ0v) is 13.5. The summed E-state index contributed by atoms with van der Waals surface area (Å²) in [6.45, 7) is 9.12. The van der Waals surface area contributed by atoms with Gasteiger partial charge in [0.15, 0.2) is 0 Å². The van der Waals surface area contributed by atoms with Crippen LogP contribution in [0, 0.1) is 10.8 Å². The van der Waals surface area contributed by atoms with Crippen LogP contribution < -0.4 is 0 Å². The van der Waals surface area contributed by atoms with Gasteiger partial charge in [-0.2, -0.15) is 0 Å². The molecule has 0 bridgehead atoms. The normalized spacial score (nSPS) is 11.2. The molecule has 0 aromatic carbocycles. The third-order valence-corrected chi connectivity index (χ3v) is 1.91. The molecule has 4 nitrogen and oxygen atoms in total. The molecule has 0 unspecified atom stereocenters. The van der Waals surface area contributed by atoms with E-state index in [-0.39, 0.29) is 10.8 Å². The van der Waals surface area contributed by atoms with Crippen molar-refractivity contribution in [2.24, 2.45) is 10.8 Å². The predicted molar refractivity (Wildman–Crippen MR) is 76.0 cm³/mol. The first kappa shape index (κ1) is 23.1. The van der Waals surface area contributed by atoms with E-state index in [9.17, 15) is 0 Å². The summed E-state index contributed by atoms with van der Waals surface area (Å²) in [7, 11) is 9.47. The Kier molecular flexibility index (Phi) is 18.1. The van der Waals surface area contributed by atoms with E-state index in [0.29, 0.717) is 39.1 Å². The van der Waals surface area contributed by atoms with Crippen LogP contribution in [0.3, 0.4) is 0 Å². The monoisotopic (exact) mass is 329 g/mol. The number of rotatable bonds is 4. The van der Waals surface area contributed by atoms with Crippen LogP contribution in [0.4, 0.5) is 0 Å². The Bertz CT molecular complexity index is 129. The molecule has 0 aliphatic rings. The van der Waals surface area contributed by atoms with Crippen molar-refractivity contribution in [3.63, 3.8) is 0 Å². The molecule has 0 aliphatic carbocycles. The molecule has 0 rings (SSSR count). The summed E-state index contributed by atoms with van der Waals surface area (Å²) in [6, 6.07) is 0. The van der Waals surface area contributed by atoms with Gasteiger partial charge in [0.05, 0.1) is 0 Å².